The normalized spacial score (nSPS) is 19.6. The van der Waals surface area contributed by atoms with Crippen LogP contribution >= 0.6 is 0 Å². The first-order chi connectivity index (χ1) is 9.83. The van der Waals surface area contributed by atoms with E-state index < -0.39 is 0 Å². The molecule has 3 rings (SSSR count). The van der Waals surface area contributed by atoms with Gasteiger partial charge in [-0.2, -0.15) is 0 Å². The first-order valence-electron chi connectivity index (χ1n) is 7.66. The number of hydrogen-bond donors (Lipinski definition) is 2. The van der Waals surface area contributed by atoms with Crippen molar-refractivity contribution in [2.24, 2.45) is 5.92 Å². The molecule has 0 aromatic heterocycles. The number of hydrogen-bond acceptors (Lipinski definition) is 2. The maximum Gasteiger partial charge on any atom is 0.322 e. The highest BCUT2D eigenvalue weighted by Crippen LogP contribution is 2.29. The van der Waals surface area contributed by atoms with Crippen LogP contribution in [-0.4, -0.2) is 36.6 Å². The second kappa shape index (κ2) is 6.27. The monoisotopic (exact) mass is 273 g/mol. The van der Waals surface area contributed by atoms with Crippen molar-refractivity contribution in [2.45, 2.75) is 31.7 Å². The minimum atomic E-state index is 0.0669. The number of urea groups is 1. The molecule has 0 unspecified atom stereocenters. The van der Waals surface area contributed by atoms with E-state index >= 15 is 0 Å². The quantitative estimate of drug-likeness (QED) is 0.886. The van der Waals surface area contributed by atoms with Crippen LogP contribution in [0.15, 0.2) is 30.3 Å². The average Bonchev–Trinajstić information content (AvgIpc) is 3.31. The van der Waals surface area contributed by atoms with E-state index in [9.17, 15) is 4.79 Å². The lowest BCUT2D eigenvalue weighted by atomic mass is 9.97. The smallest absolute Gasteiger partial charge is 0.321 e. The largest absolute Gasteiger partial charge is 0.322 e. The first-order valence-corrected chi connectivity index (χ1v) is 7.66. The van der Waals surface area contributed by atoms with E-state index in [1.807, 2.05) is 30.3 Å². The highest BCUT2D eigenvalue weighted by molar-refractivity contribution is 5.89. The van der Waals surface area contributed by atoms with E-state index in [0.717, 1.165) is 38.2 Å². The van der Waals surface area contributed by atoms with Gasteiger partial charge in [-0.1, -0.05) is 18.2 Å². The van der Waals surface area contributed by atoms with Crippen LogP contribution < -0.4 is 10.6 Å². The fourth-order valence-electron chi connectivity index (χ4n) is 2.84. The van der Waals surface area contributed by atoms with E-state index in [4.69, 9.17) is 0 Å². The number of carbonyl (C=O) groups is 1. The Kier molecular flexibility index (Phi) is 4.21. The van der Waals surface area contributed by atoms with Crippen molar-refractivity contribution in [3.05, 3.63) is 30.3 Å². The van der Waals surface area contributed by atoms with Crippen molar-refractivity contribution in [3.8, 4) is 0 Å². The van der Waals surface area contributed by atoms with E-state index in [1.165, 1.54) is 12.8 Å². The highest BCUT2D eigenvalue weighted by Gasteiger charge is 2.34. The predicted molar refractivity (Wildman–Crippen MR) is 80.8 cm³/mol. The Morgan fingerprint density at radius 3 is 2.50 bits per heavy atom. The maximum absolute atomic E-state index is 12.5. The Morgan fingerprint density at radius 2 is 1.85 bits per heavy atom. The Bertz CT molecular complexity index is 438. The first kappa shape index (κ1) is 13.4. The third kappa shape index (κ3) is 3.51. The summed E-state index contributed by atoms with van der Waals surface area (Å²) in [6, 6.07) is 10.3. The molecule has 1 aliphatic heterocycles. The molecule has 4 heteroatoms. The molecule has 1 saturated carbocycles. The fourth-order valence-corrected chi connectivity index (χ4v) is 2.84. The Morgan fingerprint density at radius 1 is 1.15 bits per heavy atom. The molecule has 2 aliphatic rings. The van der Waals surface area contributed by atoms with Crippen LogP contribution in [-0.2, 0) is 0 Å². The van der Waals surface area contributed by atoms with Crippen molar-refractivity contribution in [3.63, 3.8) is 0 Å². The zero-order valence-electron chi connectivity index (χ0n) is 11.8. The number of para-hydroxylation sites is 1. The molecule has 20 heavy (non-hydrogen) atoms. The molecular formula is C16H23N3O. The number of carbonyl (C=O) groups excluding carboxylic acids is 1. The van der Waals surface area contributed by atoms with E-state index in [0.29, 0.717) is 12.0 Å². The van der Waals surface area contributed by atoms with Gasteiger partial charge in [0.25, 0.3) is 0 Å². The van der Waals surface area contributed by atoms with Crippen molar-refractivity contribution < 1.29 is 4.79 Å². The second-order valence-corrected chi connectivity index (χ2v) is 5.87. The Hall–Kier alpha value is -1.55. The van der Waals surface area contributed by atoms with Crippen LogP contribution in [0.4, 0.5) is 10.5 Å². The van der Waals surface area contributed by atoms with Gasteiger partial charge in [-0.05, 0) is 56.8 Å². The molecule has 1 saturated heterocycles. The standard InChI is InChI=1S/C16H23N3O/c20-16(18-14-4-2-1-3-5-14)19(15-6-7-15)12-13-8-10-17-11-9-13/h1-5,13,15,17H,6-12H2,(H,18,20). The summed E-state index contributed by atoms with van der Waals surface area (Å²) in [5, 5.41) is 6.41. The molecule has 1 heterocycles. The van der Waals surface area contributed by atoms with Crippen molar-refractivity contribution in [1.82, 2.24) is 10.2 Å². The van der Waals surface area contributed by atoms with Crippen LogP contribution in [0, 0.1) is 5.92 Å². The topological polar surface area (TPSA) is 44.4 Å². The van der Waals surface area contributed by atoms with Crippen LogP contribution in [0.25, 0.3) is 0 Å². The van der Waals surface area contributed by atoms with Crippen LogP contribution in [0.2, 0.25) is 0 Å². The van der Waals surface area contributed by atoms with Crippen molar-refractivity contribution in [2.75, 3.05) is 25.0 Å². The van der Waals surface area contributed by atoms with Gasteiger partial charge in [0, 0.05) is 18.3 Å². The molecule has 4 nitrogen and oxygen atoms in total. The Balaban J connectivity index is 1.59. The molecule has 108 valence electrons. The molecule has 1 aliphatic carbocycles. The van der Waals surface area contributed by atoms with Crippen LogP contribution in [0.1, 0.15) is 25.7 Å². The molecule has 2 N–H and O–H groups in total. The summed E-state index contributed by atoms with van der Waals surface area (Å²) < 4.78 is 0. The minimum Gasteiger partial charge on any atom is -0.321 e. The fraction of sp³-hybridized carbons (Fsp3) is 0.562. The number of nitrogens with zero attached hydrogens (tertiary/aromatic N) is 1. The lowest BCUT2D eigenvalue weighted by Gasteiger charge is -2.30. The highest BCUT2D eigenvalue weighted by atomic mass is 16.2. The average molecular weight is 273 g/mol. The molecule has 0 atom stereocenters. The third-order valence-electron chi connectivity index (χ3n) is 4.19. The van der Waals surface area contributed by atoms with Gasteiger partial charge in [0.05, 0.1) is 0 Å². The molecule has 2 amide bonds. The molecular weight excluding hydrogens is 250 g/mol. The second-order valence-electron chi connectivity index (χ2n) is 5.87. The molecule has 0 spiro atoms. The molecule has 1 aromatic rings. The number of amides is 2. The number of piperidine rings is 1. The Labute approximate surface area is 120 Å². The van der Waals surface area contributed by atoms with Crippen molar-refractivity contribution in [1.29, 1.82) is 0 Å². The van der Waals surface area contributed by atoms with Gasteiger partial charge in [0.1, 0.15) is 0 Å². The van der Waals surface area contributed by atoms with E-state index in [-0.39, 0.29) is 6.03 Å². The van der Waals surface area contributed by atoms with Gasteiger partial charge < -0.3 is 15.5 Å². The van der Waals surface area contributed by atoms with Gasteiger partial charge in [0.2, 0.25) is 0 Å². The number of anilines is 1. The maximum atomic E-state index is 12.5. The number of benzene rings is 1. The van der Waals surface area contributed by atoms with Gasteiger partial charge in [-0.25, -0.2) is 4.79 Å². The molecule has 0 bridgehead atoms. The summed E-state index contributed by atoms with van der Waals surface area (Å²) in [5.74, 6) is 0.651. The van der Waals surface area contributed by atoms with Crippen LogP contribution in [0.3, 0.4) is 0 Å². The van der Waals surface area contributed by atoms with E-state index in [2.05, 4.69) is 15.5 Å². The lowest BCUT2D eigenvalue weighted by Crippen LogP contribution is -2.42. The SMILES string of the molecule is O=C(Nc1ccccc1)N(CC1CCNCC1)C1CC1. The van der Waals surface area contributed by atoms with Crippen molar-refractivity contribution >= 4 is 11.7 Å². The summed E-state index contributed by atoms with van der Waals surface area (Å²) in [5.41, 5.74) is 0.883. The number of nitrogens with one attached hydrogen (secondary N) is 2. The summed E-state index contributed by atoms with van der Waals surface area (Å²) >= 11 is 0. The zero-order valence-corrected chi connectivity index (χ0v) is 11.8. The zero-order chi connectivity index (χ0) is 13.8. The van der Waals surface area contributed by atoms with Gasteiger partial charge in [0.15, 0.2) is 0 Å². The minimum absolute atomic E-state index is 0.0669. The van der Waals surface area contributed by atoms with E-state index in [1.54, 1.807) is 0 Å². The molecule has 0 radical (unpaired) electrons. The lowest BCUT2D eigenvalue weighted by molar-refractivity contribution is 0.189. The van der Waals surface area contributed by atoms with Gasteiger partial charge in [-0.15, -0.1) is 0 Å². The third-order valence-corrected chi connectivity index (χ3v) is 4.19. The van der Waals surface area contributed by atoms with Crippen LogP contribution in [0.5, 0.6) is 0 Å². The van der Waals surface area contributed by atoms with Gasteiger partial charge >= 0.3 is 6.03 Å². The summed E-state index contributed by atoms with van der Waals surface area (Å²) in [6.45, 7) is 3.08. The summed E-state index contributed by atoms with van der Waals surface area (Å²) in [6.07, 6.45) is 4.68. The number of rotatable bonds is 4. The molecule has 2 fully saturated rings. The molecule has 1 aromatic carbocycles. The summed E-state index contributed by atoms with van der Waals surface area (Å²) in [7, 11) is 0. The van der Waals surface area contributed by atoms with Gasteiger partial charge in [-0.3, -0.25) is 0 Å². The summed E-state index contributed by atoms with van der Waals surface area (Å²) in [4.78, 5) is 14.5. The predicted octanol–water partition coefficient (Wildman–Crippen LogP) is 2.68.